The van der Waals surface area contributed by atoms with Crippen molar-refractivity contribution in [1.82, 2.24) is 9.78 Å². The van der Waals surface area contributed by atoms with E-state index in [1.807, 2.05) is 0 Å². The van der Waals surface area contributed by atoms with Crippen LogP contribution in [0.2, 0.25) is 0 Å². The predicted molar refractivity (Wildman–Crippen MR) is 84.2 cm³/mol. The highest BCUT2D eigenvalue weighted by Crippen LogP contribution is 2.23. The number of nitrogens with zero attached hydrogens (tertiary/aromatic N) is 2. The topological polar surface area (TPSA) is 93.1 Å². The van der Waals surface area contributed by atoms with Gasteiger partial charge in [0.25, 0.3) is 10.0 Å². The van der Waals surface area contributed by atoms with Gasteiger partial charge < -0.3 is 5.32 Å². The molecule has 1 heterocycles. The molecule has 2 N–H and O–H groups in total. The van der Waals surface area contributed by atoms with Crippen LogP contribution in [0.1, 0.15) is 18.3 Å². The van der Waals surface area contributed by atoms with Crippen LogP contribution in [-0.2, 0) is 21.9 Å². The van der Waals surface area contributed by atoms with E-state index in [4.69, 9.17) is 0 Å². The summed E-state index contributed by atoms with van der Waals surface area (Å²) < 4.78 is 29.1. The number of rotatable bonds is 4. The highest BCUT2D eigenvalue weighted by Gasteiger charge is 2.23. The molecule has 0 radical (unpaired) electrons. The van der Waals surface area contributed by atoms with Gasteiger partial charge in [-0.1, -0.05) is 6.07 Å². The molecule has 0 unspecified atom stereocenters. The number of carbonyl (C=O) groups excluding carboxylic acids is 1. The normalized spacial score (nSPS) is 11.3. The molecule has 0 aliphatic carbocycles. The second-order valence-corrected chi connectivity index (χ2v) is 6.61. The average Bonchev–Trinajstić information content (AvgIpc) is 2.62. The Balaban J connectivity index is 2.35. The second-order valence-electron chi connectivity index (χ2n) is 4.99. The molecule has 7 nitrogen and oxygen atoms in total. The third-order valence-corrected chi connectivity index (χ3v) is 4.78. The van der Waals surface area contributed by atoms with E-state index < -0.39 is 10.0 Å². The zero-order chi connectivity index (χ0) is 16.5. The van der Waals surface area contributed by atoms with E-state index in [2.05, 4.69) is 15.1 Å². The van der Waals surface area contributed by atoms with Gasteiger partial charge in [-0.3, -0.25) is 14.2 Å². The van der Waals surface area contributed by atoms with E-state index >= 15 is 0 Å². The maximum atomic E-state index is 12.5. The van der Waals surface area contributed by atoms with Crippen LogP contribution in [0.5, 0.6) is 0 Å². The molecule has 0 bridgehead atoms. The molecule has 2 aromatic rings. The van der Waals surface area contributed by atoms with Crippen molar-refractivity contribution in [2.24, 2.45) is 7.05 Å². The maximum absolute atomic E-state index is 12.5. The van der Waals surface area contributed by atoms with Crippen LogP contribution in [0.4, 0.5) is 11.4 Å². The third-order valence-electron chi connectivity index (χ3n) is 3.15. The van der Waals surface area contributed by atoms with Crippen LogP contribution in [-0.4, -0.2) is 24.1 Å². The van der Waals surface area contributed by atoms with Gasteiger partial charge >= 0.3 is 0 Å². The molecular formula is C14H18N4O3S. The van der Waals surface area contributed by atoms with Gasteiger partial charge in [0.2, 0.25) is 5.91 Å². The molecule has 1 amide bonds. The average molecular weight is 322 g/mol. The lowest BCUT2D eigenvalue weighted by atomic mass is 10.3. The SMILES string of the molecule is CC(=O)Nc1cccc(NS(=O)(=O)c2c(C)nn(C)c2C)c1. The number of anilines is 2. The fraction of sp³-hybridized carbons (Fsp3) is 0.286. The molecule has 0 aliphatic heterocycles. The molecule has 0 aliphatic rings. The first kappa shape index (κ1) is 16.0. The van der Waals surface area contributed by atoms with Gasteiger partial charge in [0.15, 0.2) is 0 Å². The van der Waals surface area contributed by atoms with Gasteiger partial charge in [-0.15, -0.1) is 0 Å². The second kappa shape index (κ2) is 5.80. The van der Waals surface area contributed by atoms with Crippen molar-refractivity contribution in [3.05, 3.63) is 35.7 Å². The Bertz CT molecular complexity index is 825. The van der Waals surface area contributed by atoms with Crippen molar-refractivity contribution >= 4 is 27.3 Å². The number of hydrogen-bond acceptors (Lipinski definition) is 4. The number of sulfonamides is 1. The smallest absolute Gasteiger partial charge is 0.265 e. The van der Waals surface area contributed by atoms with Gasteiger partial charge in [-0.25, -0.2) is 8.42 Å². The van der Waals surface area contributed by atoms with Crippen LogP contribution in [0.3, 0.4) is 0 Å². The number of carbonyl (C=O) groups is 1. The molecule has 1 aromatic heterocycles. The first-order valence-electron chi connectivity index (χ1n) is 6.61. The van der Waals surface area contributed by atoms with E-state index in [0.717, 1.165) is 0 Å². The third kappa shape index (κ3) is 3.28. The minimum absolute atomic E-state index is 0.167. The molecule has 0 atom stereocenters. The van der Waals surface area contributed by atoms with Gasteiger partial charge in [-0.2, -0.15) is 5.10 Å². The van der Waals surface area contributed by atoms with Crippen molar-refractivity contribution in [2.75, 3.05) is 10.0 Å². The predicted octanol–water partition coefficient (Wildman–Crippen LogP) is 1.80. The Hall–Kier alpha value is -2.35. The molecule has 0 spiro atoms. The summed E-state index contributed by atoms with van der Waals surface area (Å²) in [6, 6.07) is 6.51. The summed E-state index contributed by atoms with van der Waals surface area (Å²) in [6.07, 6.45) is 0. The zero-order valence-corrected chi connectivity index (χ0v) is 13.7. The minimum atomic E-state index is -3.75. The summed E-state index contributed by atoms with van der Waals surface area (Å²) >= 11 is 0. The first-order chi connectivity index (χ1) is 10.2. The Morgan fingerprint density at radius 2 is 1.86 bits per heavy atom. The molecule has 0 fully saturated rings. The van der Waals surface area contributed by atoms with E-state index in [1.165, 1.54) is 11.6 Å². The van der Waals surface area contributed by atoms with Crippen LogP contribution < -0.4 is 10.0 Å². The number of amides is 1. The van der Waals surface area contributed by atoms with E-state index in [-0.39, 0.29) is 10.8 Å². The van der Waals surface area contributed by atoms with Crippen molar-refractivity contribution in [3.63, 3.8) is 0 Å². The minimum Gasteiger partial charge on any atom is -0.326 e. The standard InChI is InChI=1S/C14H18N4O3S/c1-9-14(10(2)18(4)16-9)22(20,21)17-13-7-5-6-12(8-13)15-11(3)19/h5-8,17H,1-4H3,(H,15,19). The molecule has 22 heavy (non-hydrogen) atoms. The van der Waals surface area contributed by atoms with Crippen LogP contribution in [0.25, 0.3) is 0 Å². The Morgan fingerprint density at radius 1 is 1.23 bits per heavy atom. The number of aromatic nitrogens is 2. The molecule has 118 valence electrons. The highest BCUT2D eigenvalue weighted by atomic mass is 32.2. The Morgan fingerprint density at radius 3 is 2.41 bits per heavy atom. The molecule has 0 saturated heterocycles. The number of aryl methyl sites for hydroxylation is 2. The summed E-state index contributed by atoms with van der Waals surface area (Å²) in [7, 11) is -2.05. The number of hydrogen-bond donors (Lipinski definition) is 2. The summed E-state index contributed by atoms with van der Waals surface area (Å²) in [5.74, 6) is -0.223. The Kier molecular flexibility index (Phi) is 4.23. The lowest BCUT2D eigenvalue weighted by Gasteiger charge is -2.10. The van der Waals surface area contributed by atoms with Gasteiger partial charge in [0, 0.05) is 19.7 Å². The monoisotopic (exact) mass is 322 g/mol. The van der Waals surface area contributed by atoms with E-state index in [1.54, 1.807) is 45.2 Å². The lowest BCUT2D eigenvalue weighted by molar-refractivity contribution is -0.114. The maximum Gasteiger partial charge on any atom is 0.265 e. The zero-order valence-electron chi connectivity index (χ0n) is 12.8. The van der Waals surface area contributed by atoms with Crippen molar-refractivity contribution in [2.45, 2.75) is 25.7 Å². The summed E-state index contributed by atoms with van der Waals surface area (Å²) in [4.78, 5) is 11.2. The van der Waals surface area contributed by atoms with Gasteiger partial charge in [0.1, 0.15) is 4.90 Å². The molecule has 8 heteroatoms. The summed E-state index contributed by atoms with van der Waals surface area (Å²) in [5, 5.41) is 6.72. The fourth-order valence-electron chi connectivity index (χ4n) is 2.21. The van der Waals surface area contributed by atoms with E-state index in [0.29, 0.717) is 22.8 Å². The van der Waals surface area contributed by atoms with Gasteiger partial charge in [0.05, 0.1) is 17.1 Å². The van der Waals surface area contributed by atoms with Gasteiger partial charge in [-0.05, 0) is 32.0 Å². The van der Waals surface area contributed by atoms with Crippen molar-refractivity contribution < 1.29 is 13.2 Å². The van der Waals surface area contributed by atoms with Crippen LogP contribution >= 0.6 is 0 Å². The molecule has 0 saturated carbocycles. The highest BCUT2D eigenvalue weighted by molar-refractivity contribution is 7.92. The molecule has 2 rings (SSSR count). The van der Waals surface area contributed by atoms with Crippen molar-refractivity contribution in [1.29, 1.82) is 0 Å². The first-order valence-corrected chi connectivity index (χ1v) is 8.09. The van der Waals surface area contributed by atoms with E-state index in [9.17, 15) is 13.2 Å². The molecular weight excluding hydrogens is 304 g/mol. The largest absolute Gasteiger partial charge is 0.326 e. The number of nitrogens with one attached hydrogen (secondary N) is 2. The quantitative estimate of drug-likeness (QED) is 0.897. The molecule has 1 aromatic carbocycles. The Labute approximate surface area is 129 Å². The van der Waals surface area contributed by atoms with Crippen molar-refractivity contribution in [3.8, 4) is 0 Å². The van der Waals surface area contributed by atoms with Crippen LogP contribution in [0, 0.1) is 13.8 Å². The summed E-state index contributed by atoms with van der Waals surface area (Å²) in [6.45, 7) is 4.73. The summed E-state index contributed by atoms with van der Waals surface area (Å²) in [5.41, 5.74) is 1.88. The number of benzene rings is 1. The lowest BCUT2D eigenvalue weighted by Crippen LogP contribution is -2.15. The fourth-order valence-corrected chi connectivity index (χ4v) is 3.70. The van der Waals surface area contributed by atoms with Crippen LogP contribution in [0.15, 0.2) is 29.2 Å².